The minimum absolute atomic E-state index is 0.373. The maximum absolute atomic E-state index is 4.54. The van der Waals surface area contributed by atoms with Crippen molar-refractivity contribution in [3.05, 3.63) is 11.9 Å². The predicted octanol–water partition coefficient (Wildman–Crippen LogP) is 3.70. The first-order valence-electron chi connectivity index (χ1n) is 6.55. The van der Waals surface area contributed by atoms with E-state index in [0.717, 1.165) is 31.2 Å². The summed E-state index contributed by atoms with van der Waals surface area (Å²) in [6, 6.07) is 0. The van der Waals surface area contributed by atoms with Crippen molar-refractivity contribution in [2.24, 2.45) is 11.3 Å². The molecule has 0 saturated heterocycles. The third-order valence-corrected chi connectivity index (χ3v) is 2.62. The van der Waals surface area contributed by atoms with Crippen molar-refractivity contribution in [1.82, 2.24) is 9.55 Å². The summed E-state index contributed by atoms with van der Waals surface area (Å²) in [5, 5.41) is 3.45. The average Bonchev–Trinajstić information content (AvgIpc) is 2.43. The molecule has 0 saturated carbocycles. The summed E-state index contributed by atoms with van der Waals surface area (Å²) in [6.07, 6.45) is 3.28. The summed E-state index contributed by atoms with van der Waals surface area (Å²) in [7, 11) is 0. The van der Waals surface area contributed by atoms with Crippen molar-refractivity contribution >= 4 is 5.95 Å². The second-order valence-electron chi connectivity index (χ2n) is 6.49. The van der Waals surface area contributed by atoms with Gasteiger partial charge in [-0.15, -0.1) is 0 Å². The number of aryl methyl sites for hydroxylation is 1. The predicted molar refractivity (Wildman–Crippen MR) is 74.4 cm³/mol. The molecule has 0 bridgehead atoms. The van der Waals surface area contributed by atoms with Crippen molar-refractivity contribution in [1.29, 1.82) is 0 Å². The zero-order valence-electron chi connectivity index (χ0n) is 12.2. The van der Waals surface area contributed by atoms with Crippen LogP contribution in [0.5, 0.6) is 0 Å². The van der Waals surface area contributed by atoms with Gasteiger partial charge < -0.3 is 9.88 Å². The Morgan fingerprint density at radius 1 is 1.35 bits per heavy atom. The van der Waals surface area contributed by atoms with Crippen LogP contribution in [0.2, 0.25) is 0 Å². The van der Waals surface area contributed by atoms with Crippen molar-refractivity contribution in [3.8, 4) is 0 Å². The van der Waals surface area contributed by atoms with Gasteiger partial charge in [-0.05, 0) is 24.7 Å². The zero-order valence-corrected chi connectivity index (χ0v) is 12.2. The Labute approximate surface area is 106 Å². The number of hydrogen-bond donors (Lipinski definition) is 1. The first-order chi connectivity index (χ1) is 7.78. The quantitative estimate of drug-likeness (QED) is 0.846. The topological polar surface area (TPSA) is 29.9 Å². The van der Waals surface area contributed by atoms with E-state index in [1.54, 1.807) is 0 Å². The fraction of sp³-hybridized carbons (Fsp3) is 0.786. The van der Waals surface area contributed by atoms with Crippen LogP contribution in [-0.2, 0) is 6.54 Å². The molecule has 0 fully saturated rings. The minimum Gasteiger partial charge on any atom is -0.356 e. The number of anilines is 1. The van der Waals surface area contributed by atoms with Gasteiger partial charge in [-0.1, -0.05) is 34.6 Å². The van der Waals surface area contributed by atoms with E-state index in [1.165, 1.54) is 0 Å². The molecule has 17 heavy (non-hydrogen) atoms. The van der Waals surface area contributed by atoms with Gasteiger partial charge in [0.2, 0.25) is 5.95 Å². The molecule has 1 rings (SSSR count). The molecule has 0 aliphatic carbocycles. The van der Waals surface area contributed by atoms with Crippen LogP contribution in [0.3, 0.4) is 0 Å². The molecule has 1 aromatic rings. The first-order valence-corrected chi connectivity index (χ1v) is 6.55. The molecule has 0 aromatic carbocycles. The lowest BCUT2D eigenvalue weighted by atomic mass is 9.92. The second kappa shape index (κ2) is 5.56. The fourth-order valence-corrected chi connectivity index (χ4v) is 1.77. The van der Waals surface area contributed by atoms with E-state index in [9.17, 15) is 0 Å². The van der Waals surface area contributed by atoms with Gasteiger partial charge in [-0.3, -0.25) is 0 Å². The highest BCUT2D eigenvalue weighted by Gasteiger charge is 2.11. The van der Waals surface area contributed by atoms with Crippen LogP contribution < -0.4 is 5.32 Å². The summed E-state index contributed by atoms with van der Waals surface area (Å²) in [4.78, 5) is 4.54. The lowest BCUT2D eigenvalue weighted by Crippen LogP contribution is -2.16. The van der Waals surface area contributed by atoms with Crippen LogP contribution in [0.1, 0.15) is 46.7 Å². The smallest absolute Gasteiger partial charge is 0.203 e. The number of imidazole rings is 1. The summed E-state index contributed by atoms with van der Waals surface area (Å²) in [5.41, 5.74) is 1.46. The Morgan fingerprint density at radius 3 is 2.53 bits per heavy atom. The van der Waals surface area contributed by atoms with Gasteiger partial charge in [0.25, 0.3) is 0 Å². The van der Waals surface area contributed by atoms with Crippen LogP contribution in [-0.4, -0.2) is 16.1 Å². The fourth-order valence-electron chi connectivity index (χ4n) is 1.77. The largest absolute Gasteiger partial charge is 0.356 e. The molecule has 0 aliphatic heterocycles. The van der Waals surface area contributed by atoms with E-state index in [-0.39, 0.29) is 0 Å². The molecule has 1 N–H and O–H groups in total. The van der Waals surface area contributed by atoms with Gasteiger partial charge in [0.05, 0.1) is 5.69 Å². The van der Waals surface area contributed by atoms with Gasteiger partial charge in [0, 0.05) is 19.3 Å². The Morgan fingerprint density at radius 2 is 2.00 bits per heavy atom. The number of rotatable bonds is 5. The second-order valence-corrected chi connectivity index (χ2v) is 6.49. The van der Waals surface area contributed by atoms with Crippen molar-refractivity contribution in [2.45, 2.75) is 54.5 Å². The molecule has 0 unspecified atom stereocenters. The highest BCUT2D eigenvalue weighted by atomic mass is 15.2. The molecule has 0 amide bonds. The average molecular weight is 237 g/mol. The lowest BCUT2D eigenvalue weighted by Gasteiger charge is -2.19. The molecule has 0 atom stereocenters. The van der Waals surface area contributed by atoms with Crippen molar-refractivity contribution < 1.29 is 0 Å². The third kappa shape index (κ3) is 5.24. The molecular weight excluding hydrogens is 210 g/mol. The van der Waals surface area contributed by atoms with E-state index >= 15 is 0 Å². The van der Waals surface area contributed by atoms with E-state index in [1.807, 2.05) is 6.92 Å². The van der Waals surface area contributed by atoms with Gasteiger partial charge in [0.15, 0.2) is 0 Å². The van der Waals surface area contributed by atoms with E-state index in [0.29, 0.717) is 11.3 Å². The maximum Gasteiger partial charge on any atom is 0.203 e. The highest BCUT2D eigenvalue weighted by Crippen LogP contribution is 2.19. The molecule has 0 spiro atoms. The molecular formula is C14H27N3. The molecule has 98 valence electrons. The third-order valence-electron chi connectivity index (χ3n) is 2.62. The van der Waals surface area contributed by atoms with Crippen LogP contribution in [0.25, 0.3) is 0 Å². The van der Waals surface area contributed by atoms with Crippen molar-refractivity contribution in [3.63, 3.8) is 0 Å². The number of aromatic nitrogens is 2. The number of nitrogens with one attached hydrogen (secondary N) is 1. The van der Waals surface area contributed by atoms with Crippen LogP contribution in [0.4, 0.5) is 5.95 Å². The van der Waals surface area contributed by atoms with E-state index in [2.05, 4.69) is 55.7 Å². The zero-order chi connectivity index (χ0) is 13.1. The molecule has 0 aliphatic rings. The summed E-state index contributed by atoms with van der Waals surface area (Å²) in [5.74, 6) is 1.66. The normalized spacial score (nSPS) is 12.2. The summed E-state index contributed by atoms with van der Waals surface area (Å²) >= 11 is 0. The Bertz CT molecular complexity index is 345. The Balaban J connectivity index is 2.57. The first kappa shape index (κ1) is 14.1. The van der Waals surface area contributed by atoms with E-state index in [4.69, 9.17) is 0 Å². The van der Waals surface area contributed by atoms with Crippen LogP contribution in [0, 0.1) is 18.3 Å². The molecule has 1 heterocycles. The summed E-state index contributed by atoms with van der Waals surface area (Å²) < 4.78 is 2.22. The molecule has 0 radical (unpaired) electrons. The monoisotopic (exact) mass is 237 g/mol. The van der Waals surface area contributed by atoms with Gasteiger partial charge in [-0.25, -0.2) is 4.98 Å². The highest BCUT2D eigenvalue weighted by molar-refractivity contribution is 5.28. The van der Waals surface area contributed by atoms with E-state index < -0.39 is 0 Å². The minimum atomic E-state index is 0.373. The Kier molecular flexibility index (Phi) is 4.61. The van der Waals surface area contributed by atoms with Crippen LogP contribution >= 0.6 is 0 Å². The molecule has 3 heteroatoms. The SMILES string of the molecule is Cc1cn(CC(C)C)c(NCCC(C)(C)C)n1. The van der Waals surface area contributed by atoms with Gasteiger partial charge in [-0.2, -0.15) is 0 Å². The Hall–Kier alpha value is -0.990. The maximum atomic E-state index is 4.54. The number of hydrogen-bond acceptors (Lipinski definition) is 2. The van der Waals surface area contributed by atoms with Crippen molar-refractivity contribution in [2.75, 3.05) is 11.9 Å². The molecule has 3 nitrogen and oxygen atoms in total. The van der Waals surface area contributed by atoms with Gasteiger partial charge in [0.1, 0.15) is 0 Å². The van der Waals surface area contributed by atoms with Crippen LogP contribution in [0.15, 0.2) is 6.20 Å². The standard InChI is InChI=1S/C14H27N3/c1-11(2)9-17-10-12(3)16-13(17)15-8-7-14(4,5)6/h10-11H,7-9H2,1-6H3,(H,15,16). The van der Waals surface area contributed by atoms with Gasteiger partial charge >= 0.3 is 0 Å². The lowest BCUT2D eigenvalue weighted by molar-refractivity contribution is 0.389. The summed E-state index contributed by atoms with van der Waals surface area (Å²) in [6.45, 7) is 15.3. The number of nitrogens with zero attached hydrogens (tertiary/aromatic N) is 2. The molecule has 1 aromatic heterocycles.